The average molecular weight is 297 g/mol. The van der Waals surface area contributed by atoms with Crippen LogP contribution in [0, 0.1) is 0 Å². The summed E-state index contributed by atoms with van der Waals surface area (Å²) >= 11 is 0. The van der Waals surface area contributed by atoms with Crippen molar-refractivity contribution in [3.8, 4) is 0 Å². The van der Waals surface area contributed by atoms with E-state index in [9.17, 15) is 18.0 Å². The van der Waals surface area contributed by atoms with Gasteiger partial charge in [0.1, 0.15) is 5.69 Å². The number of anilines is 2. The second kappa shape index (κ2) is 5.51. The first-order valence-corrected chi connectivity index (χ1v) is 6.25. The van der Waals surface area contributed by atoms with Crippen molar-refractivity contribution < 1.29 is 18.0 Å². The number of aromatic nitrogens is 1. The topological polar surface area (TPSA) is 60.0 Å². The van der Waals surface area contributed by atoms with Crippen LogP contribution >= 0.6 is 0 Å². The van der Waals surface area contributed by atoms with E-state index in [1.807, 2.05) is 6.92 Å². The lowest BCUT2D eigenvalue weighted by Crippen LogP contribution is -2.16. The monoisotopic (exact) mass is 297 g/mol. The van der Waals surface area contributed by atoms with E-state index in [0.29, 0.717) is 17.9 Å². The van der Waals surface area contributed by atoms with Crippen LogP contribution in [-0.2, 0) is 12.7 Å². The normalized spacial score (nSPS) is 11.4. The number of rotatable bonds is 3. The van der Waals surface area contributed by atoms with E-state index in [4.69, 9.17) is 5.73 Å². The summed E-state index contributed by atoms with van der Waals surface area (Å²) < 4.78 is 39.0. The van der Waals surface area contributed by atoms with Crippen LogP contribution in [0.2, 0.25) is 0 Å². The van der Waals surface area contributed by atoms with Crippen molar-refractivity contribution in [1.29, 1.82) is 0 Å². The molecule has 0 saturated heterocycles. The molecule has 0 fully saturated rings. The number of amides is 1. The minimum absolute atomic E-state index is 0.287. The molecule has 7 heteroatoms. The highest BCUT2D eigenvalue weighted by Gasteiger charge is 2.30. The molecule has 0 saturated carbocycles. The number of benzene rings is 1. The fourth-order valence-electron chi connectivity index (χ4n) is 1.92. The fourth-order valence-corrected chi connectivity index (χ4v) is 1.92. The van der Waals surface area contributed by atoms with E-state index in [-0.39, 0.29) is 5.69 Å². The number of nitrogens with one attached hydrogen (secondary N) is 1. The first-order chi connectivity index (χ1) is 9.81. The average Bonchev–Trinajstić information content (AvgIpc) is 2.79. The van der Waals surface area contributed by atoms with Gasteiger partial charge in [-0.15, -0.1) is 0 Å². The maximum atomic E-state index is 12.4. The summed E-state index contributed by atoms with van der Waals surface area (Å²) in [6, 6.07) is 5.78. The third-order valence-electron chi connectivity index (χ3n) is 2.96. The lowest BCUT2D eigenvalue weighted by atomic mass is 10.2. The van der Waals surface area contributed by atoms with Crippen molar-refractivity contribution in [1.82, 2.24) is 4.57 Å². The number of nitrogens with two attached hydrogens (primary N) is 1. The molecule has 0 aliphatic carbocycles. The number of alkyl halides is 3. The van der Waals surface area contributed by atoms with Gasteiger partial charge in [0.2, 0.25) is 0 Å². The van der Waals surface area contributed by atoms with Crippen LogP contribution in [0.15, 0.2) is 36.5 Å². The van der Waals surface area contributed by atoms with E-state index in [1.165, 1.54) is 18.2 Å². The van der Waals surface area contributed by atoms with Crippen molar-refractivity contribution in [2.24, 2.45) is 0 Å². The Morgan fingerprint density at radius 2 is 1.90 bits per heavy atom. The molecule has 0 unspecified atom stereocenters. The molecule has 2 aromatic rings. The fraction of sp³-hybridized carbons (Fsp3) is 0.214. The lowest BCUT2D eigenvalue weighted by Gasteiger charge is -2.09. The highest BCUT2D eigenvalue weighted by molar-refractivity contribution is 6.03. The summed E-state index contributed by atoms with van der Waals surface area (Å²) in [7, 11) is 0. The number of carbonyl (C=O) groups excluding carboxylic acids is 1. The second-order valence-corrected chi connectivity index (χ2v) is 4.47. The van der Waals surface area contributed by atoms with Crippen molar-refractivity contribution in [2.75, 3.05) is 11.1 Å². The molecule has 1 heterocycles. The Morgan fingerprint density at radius 3 is 2.43 bits per heavy atom. The minimum Gasteiger partial charge on any atom is -0.397 e. The standard InChI is InChI=1S/C14H14F3N3O/c1-2-20-8-10(18)7-12(20)13(21)19-11-5-3-9(4-6-11)14(15,16)17/h3-8H,2,18H2,1H3,(H,19,21). The molecule has 0 aliphatic rings. The first-order valence-electron chi connectivity index (χ1n) is 6.25. The highest BCUT2D eigenvalue weighted by atomic mass is 19.4. The molecule has 0 atom stereocenters. The summed E-state index contributed by atoms with van der Waals surface area (Å²) in [4.78, 5) is 12.1. The second-order valence-electron chi connectivity index (χ2n) is 4.47. The van der Waals surface area contributed by atoms with Gasteiger partial charge in [0.05, 0.1) is 11.3 Å². The molecule has 4 nitrogen and oxygen atoms in total. The number of nitrogen functional groups attached to an aromatic ring is 1. The largest absolute Gasteiger partial charge is 0.416 e. The van der Waals surface area contributed by atoms with Crippen LogP contribution in [0.3, 0.4) is 0 Å². The molecular formula is C14H14F3N3O. The van der Waals surface area contributed by atoms with E-state index < -0.39 is 17.6 Å². The van der Waals surface area contributed by atoms with Crippen LogP contribution in [-0.4, -0.2) is 10.5 Å². The number of nitrogens with zero attached hydrogens (tertiary/aromatic N) is 1. The smallest absolute Gasteiger partial charge is 0.397 e. The van der Waals surface area contributed by atoms with Gasteiger partial charge in [0, 0.05) is 18.4 Å². The minimum atomic E-state index is -4.39. The van der Waals surface area contributed by atoms with Gasteiger partial charge >= 0.3 is 6.18 Å². The Bertz CT molecular complexity index is 644. The van der Waals surface area contributed by atoms with Gasteiger partial charge in [-0.25, -0.2) is 0 Å². The molecule has 0 radical (unpaired) electrons. The van der Waals surface area contributed by atoms with Gasteiger partial charge in [-0.1, -0.05) is 0 Å². The molecule has 112 valence electrons. The number of aryl methyl sites for hydroxylation is 1. The first kappa shape index (κ1) is 15.0. The summed E-state index contributed by atoms with van der Waals surface area (Å²) in [5.41, 5.74) is 5.96. The third kappa shape index (κ3) is 3.36. The van der Waals surface area contributed by atoms with Crippen molar-refractivity contribution in [3.05, 3.63) is 47.8 Å². The van der Waals surface area contributed by atoms with E-state index in [2.05, 4.69) is 5.32 Å². The maximum Gasteiger partial charge on any atom is 0.416 e. The third-order valence-corrected chi connectivity index (χ3v) is 2.96. The van der Waals surface area contributed by atoms with Gasteiger partial charge in [0.15, 0.2) is 0 Å². The SMILES string of the molecule is CCn1cc(N)cc1C(=O)Nc1ccc(C(F)(F)F)cc1. The van der Waals surface area contributed by atoms with E-state index in [0.717, 1.165) is 12.1 Å². The Labute approximate surface area is 119 Å². The predicted octanol–water partition coefficient (Wildman–Crippen LogP) is 3.36. The molecule has 2 rings (SSSR count). The van der Waals surface area contributed by atoms with Crippen LogP contribution in [0.4, 0.5) is 24.5 Å². The highest BCUT2D eigenvalue weighted by Crippen LogP contribution is 2.29. The van der Waals surface area contributed by atoms with Crippen LogP contribution in [0.1, 0.15) is 23.0 Å². The molecule has 0 bridgehead atoms. The Hall–Kier alpha value is -2.44. The lowest BCUT2D eigenvalue weighted by molar-refractivity contribution is -0.137. The van der Waals surface area contributed by atoms with Gasteiger partial charge in [0.25, 0.3) is 5.91 Å². The molecular weight excluding hydrogens is 283 g/mol. The maximum absolute atomic E-state index is 12.4. The molecule has 1 aromatic heterocycles. The zero-order chi connectivity index (χ0) is 15.6. The van der Waals surface area contributed by atoms with Gasteiger partial charge < -0.3 is 15.6 Å². The van der Waals surface area contributed by atoms with Crippen molar-refractivity contribution in [2.45, 2.75) is 19.6 Å². The number of hydrogen-bond acceptors (Lipinski definition) is 2. The summed E-state index contributed by atoms with van der Waals surface area (Å²) in [5, 5.41) is 2.54. The quantitative estimate of drug-likeness (QED) is 0.912. The molecule has 0 spiro atoms. The van der Waals surface area contributed by atoms with Crippen LogP contribution in [0.25, 0.3) is 0 Å². The Balaban J connectivity index is 2.16. The summed E-state index contributed by atoms with van der Waals surface area (Å²) in [6.45, 7) is 2.42. The van der Waals surface area contributed by atoms with E-state index >= 15 is 0 Å². The molecule has 1 amide bonds. The Morgan fingerprint density at radius 1 is 1.29 bits per heavy atom. The number of halogens is 3. The zero-order valence-corrected chi connectivity index (χ0v) is 11.2. The van der Waals surface area contributed by atoms with Gasteiger partial charge in [-0.3, -0.25) is 4.79 Å². The Kier molecular flexibility index (Phi) is 3.93. The number of carbonyl (C=O) groups is 1. The number of hydrogen-bond donors (Lipinski definition) is 2. The molecule has 3 N–H and O–H groups in total. The predicted molar refractivity (Wildman–Crippen MR) is 73.9 cm³/mol. The van der Waals surface area contributed by atoms with Gasteiger partial charge in [-0.2, -0.15) is 13.2 Å². The molecule has 0 aliphatic heterocycles. The molecule has 21 heavy (non-hydrogen) atoms. The van der Waals surface area contributed by atoms with Gasteiger partial charge in [-0.05, 0) is 37.3 Å². The molecule has 1 aromatic carbocycles. The zero-order valence-electron chi connectivity index (χ0n) is 11.2. The van der Waals surface area contributed by atoms with Crippen molar-refractivity contribution in [3.63, 3.8) is 0 Å². The van der Waals surface area contributed by atoms with Crippen LogP contribution in [0.5, 0.6) is 0 Å². The van der Waals surface area contributed by atoms with Crippen LogP contribution < -0.4 is 11.1 Å². The summed E-state index contributed by atoms with van der Waals surface area (Å²) in [5.74, 6) is -0.423. The summed E-state index contributed by atoms with van der Waals surface area (Å²) in [6.07, 6.45) is -2.77. The van der Waals surface area contributed by atoms with Crippen molar-refractivity contribution >= 4 is 17.3 Å². The van der Waals surface area contributed by atoms with E-state index in [1.54, 1.807) is 10.8 Å².